The van der Waals surface area contributed by atoms with E-state index in [1.807, 2.05) is 31.3 Å². The van der Waals surface area contributed by atoms with Gasteiger partial charge in [-0.2, -0.15) is 0 Å². The van der Waals surface area contributed by atoms with Crippen LogP contribution in [0.2, 0.25) is 0 Å². The van der Waals surface area contributed by atoms with Crippen LogP contribution in [-0.2, 0) is 13.2 Å². The lowest BCUT2D eigenvalue weighted by Gasteiger charge is -2.12. The summed E-state index contributed by atoms with van der Waals surface area (Å²) in [7, 11) is 3.59. The van der Waals surface area contributed by atoms with Crippen LogP contribution in [-0.4, -0.2) is 14.2 Å². The second-order valence-corrected chi connectivity index (χ2v) is 4.79. The largest absolute Gasteiger partial charge is 0.493 e. The van der Waals surface area contributed by atoms with E-state index in [4.69, 9.17) is 9.47 Å². The van der Waals surface area contributed by atoms with E-state index in [9.17, 15) is 0 Å². The van der Waals surface area contributed by atoms with Gasteiger partial charge in [-0.1, -0.05) is 35.9 Å². The highest BCUT2D eigenvalue weighted by molar-refractivity contribution is 5.43. The fraction of sp³-hybridized carbons (Fsp3) is 0.294. The van der Waals surface area contributed by atoms with Gasteiger partial charge in [0.15, 0.2) is 11.5 Å². The second-order valence-electron chi connectivity index (χ2n) is 4.79. The molecule has 0 aliphatic carbocycles. The van der Waals surface area contributed by atoms with Gasteiger partial charge in [0.2, 0.25) is 0 Å². The van der Waals surface area contributed by atoms with Crippen LogP contribution >= 0.6 is 0 Å². The molecule has 0 aliphatic rings. The van der Waals surface area contributed by atoms with Gasteiger partial charge in [0.05, 0.1) is 7.11 Å². The van der Waals surface area contributed by atoms with E-state index >= 15 is 0 Å². The predicted octanol–water partition coefficient (Wildman–Crippen LogP) is 3.30. The van der Waals surface area contributed by atoms with Crippen molar-refractivity contribution in [2.24, 2.45) is 0 Å². The number of methoxy groups -OCH3 is 1. The van der Waals surface area contributed by atoms with Gasteiger partial charge < -0.3 is 14.8 Å². The summed E-state index contributed by atoms with van der Waals surface area (Å²) < 4.78 is 11.2. The third-order valence-corrected chi connectivity index (χ3v) is 3.09. The van der Waals surface area contributed by atoms with Crippen molar-refractivity contribution >= 4 is 0 Å². The van der Waals surface area contributed by atoms with E-state index in [1.54, 1.807) is 7.11 Å². The van der Waals surface area contributed by atoms with Crippen LogP contribution in [0.5, 0.6) is 11.5 Å². The van der Waals surface area contributed by atoms with Gasteiger partial charge in [-0.15, -0.1) is 0 Å². The molecule has 0 spiro atoms. The van der Waals surface area contributed by atoms with Gasteiger partial charge in [0, 0.05) is 6.54 Å². The number of rotatable bonds is 6. The predicted molar refractivity (Wildman–Crippen MR) is 81.3 cm³/mol. The Morgan fingerprint density at radius 3 is 2.55 bits per heavy atom. The number of benzene rings is 2. The van der Waals surface area contributed by atoms with Gasteiger partial charge in [0.25, 0.3) is 0 Å². The molecule has 0 heterocycles. The smallest absolute Gasteiger partial charge is 0.161 e. The first-order valence-electron chi connectivity index (χ1n) is 6.73. The van der Waals surface area contributed by atoms with E-state index in [-0.39, 0.29) is 0 Å². The van der Waals surface area contributed by atoms with Crippen molar-refractivity contribution in [1.82, 2.24) is 5.32 Å². The summed E-state index contributed by atoms with van der Waals surface area (Å²) in [6.07, 6.45) is 0. The Labute approximate surface area is 120 Å². The van der Waals surface area contributed by atoms with Crippen molar-refractivity contribution in [3.05, 3.63) is 59.2 Å². The van der Waals surface area contributed by atoms with E-state index < -0.39 is 0 Å². The summed E-state index contributed by atoms with van der Waals surface area (Å²) in [6.45, 7) is 3.43. The number of ether oxygens (including phenoxy) is 2. The Hall–Kier alpha value is -2.00. The molecule has 20 heavy (non-hydrogen) atoms. The zero-order valence-electron chi connectivity index (χ0n) is 12.3. The molecule has 0 unspecified atom stereocenters. The molecule has 0 bridgehead atoms. The SMILES string of the molecule is CNCc1ccc(OC)c(OCc2cccc(C)c2)c1. The van der Waals surface area contributed by atoms with Gasteiger partial charge in [-0.3, -0.25) is 0 Å². The molecule has 0 aromatic heterocycles. The van der Waals surface area contributed by atoms with Crippen LogP contribution in [0.1, 0.15) is 16.7 Å². The highest BCUT2D eigenvalue weighted by atomic mass is 16.5. The van der Waals surface area contributed by atoms with Crippen molar-refractivity contribution in [3.63, 3.8) is 0 Å². The normalized spacial score (nSPS) is 10.3. The highest BCUT2D eigenvalue weighted by Crippen LogP contribution is 2.28. The van der Waals surface area contributed by atoms with Crippen LogP contribution in [0.4, 0.5) is 0 Å². The molecule has 2 aromatic rings. The summed E-state index contributed by atoms with van der Waals surface area (Å²) in [6, 6.07) is 14.3. The zero-order valence-corrected chi connectivity index (χ0v) is 12.3. The molecule has 0 amide bonds. The first-order chi connectivity index (χ1) is 9.72. The summed E-state index contributed by atoms with van der Waals surface area (Å²) in [5.41, 5.74) is 3.57. The molecule has 0 fully saturated rings. The van der Waals surface area contributed by atoms with E-state index in [2.05, 4.69) is 30.4 Å². The maximum atomic E-state index is 5.90. The Morgan fingerprint density at radius 2 is 1.85 bits per heavy atom. The zero-order chi connectivity index (χ0) is 14.4. The average molecular weight is 271 g/mol. The van der Waals surface area contributed by atoms with E-state index in [1.165, 1.54) is 11.1 Å². The second kappa shape index (κ2) is 6.96. The molecular formula is C17H21NO2. The minimum atomic E-state index is 0.543. The van der Waals surface area contributed by atoms with Gasteiger partial charge in [-0.05, 0) is 37.2 Å². The summed E-state index contributed by atoms with van der Waals surface area (Å²) >= 11 is 0. The molecule has 0 radical (unpaired) electrons. The summed E-state index contributed by atoms with van der Waals surface area (Å²) in [4.78, 5) is 0. The quantitative estimate of drug-likeness (QED) is 0.874. The van der Waals surface area contributed by atoms with Gasteiger partial charge >= 0.3 is 0 Å². The molecule has 0 atom stereocenters. The molecule has 106 valence electrons. The number of aryl methyl sites for hydroxylation is 1. The lowest BCUT2D eigenvalue weighted by Crippen LogP contribution is -2.06. The Kier molecular flexibility index (Phi) is 5.02. The van der Waals surface area contributed by atoms with Crippen LogP contribution in [0.15, 0.2) is 42.5 Å². The number of hydrogen-bond acceptors (Lipinski definition) is 3. The molecule has 3 nitrogen and oxygen atoms in total. The van der Waals surface area contributed by atoms with Gasteiger partial charge in [0.1, 0.15) is 6.61 Å². The first kappa shape index (κ1) is 14.4. The van der Waals surface area contributed by atoms with Crippen molar-refractivity contribution in [2.75, 3.05) is 14.2 Å². The van der Waals surface area contributed by atoms with Crippen LogP contribution in [0, 0.1) is 6.92 Å². The van der Waals surface area contributed by atoms with Crippen LogP contribution in [0.3, 0.4) is 0 Å². The third-order valence-electron chi connectivity index (χ3n) is 3.09. The van der Waals surface area contributed by atoms with Crippen molar-refractivity contribution in [3.8, 4) is 11.5 Å². The van der Waals surface area contributed by atoms with Crippen LogP contribution in [0.25, 0.3) is 0 Å². The minimum absolute atomic E-state index is 0.543. The maximum Gasteiger partial charge on any atom is 0.161 e. The third kappa shape index (κ3) is 3.75. The lowest BCUT2D eigenvalue weighted by molar-refractivity contribution is 0.284. The van der Waals surface area contributed by atoms with Crippen molar-refractivity contribution in [2.45, 2.75) is 20.1 Å². The maximum absolute atomic E-state index is 5.90. The standard InChI is InChI=1S/C17H21NO2/c1-13-5-4-6-15(9-13)12-20-17-10-14(11-18-2)7-8-16(17)19-3/h4-10,18H,11-12H2,1-3H3. The Balaban J connectivity index is 2.12. The van der Waals surface area contributed by atoms with E-state index in [0.29, 0.717) is 6.61 Å². The topological polar surface area (TPSA) is 30.5 Å². The molecule has 0 aliphatic heterocycles. The molecule has 1 N–H and O–H groups in total. The minimum Gasteiger partial charge on any atom is -0.493 e. The summed E-state index contributed by atoms with van der Waals surface area (Å²) in [5, 5.41) is 3.13. The fourth-order valence-corrected chi connectivity index (χ4v) is 2.11. The molecule has 3 heteroatoms. The van der Waals surface area contributed by atoms with Crippen molar-refractivity contribution in [1.29, 1.82) is 0 Å². The fourth-order valence-electron chi connectivity index (χ4n) is 2.11. The van der Waals surface area contributed by atoms with E-state index in [0.717, 1.165) is 23.6 Å². The molecule has 0 saturated carbocycles. The van der Waals surface area contributed by atoms with Gasteiger partial charge in [-0.25, -0.2) is 0 Å². The van der Waals surface area contributed by atoms with Crippen molar-refractivity contribution < 1.29 is 9.47 Å². The Bertz CT molecular complexity index is 567. The molecule has 2 rings (SSSR count). The Morgan fingerprint density at radius 1 is 1.00 bits per heavy atom. The number of hydrogen-bond donors (Lipinski definition) is 1. The molecule has 2 aromatic carbocycles. The summed E-state index contributed by atoms with van der Waals surface area (Å²) in [5.74, 6) is 1.54. The highest BCUT2D eigenvalue weighted by Gasteiger charge is 2.06. The lowest BCUT2D eigenvalue weighted by atomic mass is 10.1. The first-order valence-corrected chi connectivity index (χ1v) is 6.73. The average Bonchev–Trinajstić information content (AvgIpc) is 2.46. The molecule has 0 saturated heterocycles. The van der Waals surface area contributed by atoms with Crippen LogP contribution < -0.4 is 14.8 Å². The molecular weight excluding hydrogens is 250 g/mol. The number of nitrogens with one attached hydrogen (secondary N) is 1. The monoisotopic (exact) mass is 271 g/mol.